The second kappa shape index (κ2) is 6.98. The lowest BCUT2D eigenvalue weighted by atomic mass is 10.1. The van der Waals surface area contributed by atoms with Crippen molar-refractivity contribution in [2.75, 3.05) is 18.0 Å². The fourth-order valence-electron chi connectivity index (χ4n) is 3.55. The Labute approximate surface area is 154 Å². The van der Waals surface area contributed by atoms with Gasteiger partial charge in [0.15, 0.2) is 0 Å². The van der Waals surface area contributed by atoms with Crippen molar-refractivity contribution in [2.45, 2.75) is 18.9 Å². The van der Waals surface area contributed by atoms with Crippen molar-refractivity contribution in [2.24, 2.45) is 5.92 Å². The second-order valence-electron chi connectivity index (χ2n) is 6.83. The zero-order chi connectivity index (χ0) is 19.0. The maximum atomic E-state index is 13.4. The number of para-hydroxylation sites is 1. The SMILES string of the molecule is O=C(NCC1Cc2ccccc2O1)C1CC(=O)N(c2cc(F)cc(F)c2)C1. The molecular weight excluding hydrogens is 354 g/mol. The monoisotopic (exact) mass is 372 g/mol. The minimum absolute atomic E-state index is 0.00964. The number of carbonyl (C=O) groups excluding carboxylic acids is 2. The van der Waals surface area contributed by atoms with E-state index in [0.29, 0.717) is 6.54 Å². The first-order valence-electron chi connectivity index (χ1n) is 8.78. The number of nitrogens with one attached hydrogen (secondary N) is 1. The summed E-state index contributed by atoms with van der Waals surface area (Å²) >= 11 is 0. The van der Waals surface area contributed by atoms with Crippen LogP contribution < -0.4 is 15.0 Å². The van der Waals surface area contributed by atoms with Gasteiger partial charge >= 0.3 is 0 Å². The Balaban J connectivity index is 1.34. The molecule has 0 aliphatic carbocycles. The fourth-order valence-corrected chi connectivity index (χ4v) is 3.55. The Kier molecular flexibility index (Phi) is 4.51. The molecule has 2 aliphatic rings. The Hall–Kier alpha value is -2.96. The fraction of sp³-hybridized carbons (Fsp3) is 0.300. The molecule has 0 saturated carbocycles. The Morgan fingerprint density at radius 1 is 1.15 bits per heavy atom. The van der Waals surface area contributed by atoms with Crippen LogP contribution in [0, 0.1) is 17.6 Å². The van der Waals surface area contributed by atoms with Gasteiger partial charge in [-0.3, -0.25) is 9.59 Å². The molecule has 5 nitrogen and oxygen atoms in total. The van der Waals surface area contributed by atoms with Crippen LogP contribution in [0.4, 0.5) is 14.5 Å². The van der Waals surface area contributed by atoms with E-state index in [4.69, 9.17) is 4.74 Å². The zero-order valence-electron chi connectivity index (χ0n) is 14.5. The molecule has 4 rings (SSSR count). The predicted molar refractivity (Wildman–Crippen MR) is 94.4 cm³/mol. The van der Waals surface area contributed by atoms with Gasteiger partial charge < -0.3 is 15.0 Å². The van der Waals surface area contributed by atoms with E-state index in [1.165, 1.54) is 4.90 Å². The Morgan fingerprint density at radius 2 is 1.89 bits per heavy atom. The molecule has 1 fully saturated rings. The molecule has 140 valence electrons. The molecule has 2 aliphatic heterocycles. The molecule has 0 radical (unpaired) electrons. The zero-order valence-corrected chi connectivity index (χ0v) is 14.5. The van der Waals surface area contributed by atoms with E-state index in [1.54, 1.807) is 0 Å². The average molecular weight is 372 g/mol. The highest BCUT2D eigenvalue weighted by molar-refractivity contribution is 6.00. The van der Waals surface area contributed by atoms with Crippen LogP contribution in [-0.4, -0.2) is 31.0 Å². The molecular formula is C20H18F2N2O3. The van der Waals surface area contributed by atoms with Crippen molar-refractivity contribution in [1.82, 2.24) is 5.32 Å². The molecule has 2 amide bonds. The average Bonchev–Trinajstić information content (AvgIpc) is 3.22. The maximum absolute atomic E-state index is 13.4. The number of amides is 2. The lowest BCUT2D eigenvalue weighted by Gasteiger charge is -2.17. The van der Waals surface area contributed by atoms with Crippen LogP contribution in [-0.2, 0) is 16.0 Å². The van der Waals surface area contributed by atoms with Gasteiger partial charge in [0, 0.05) is 31.1 Å². The normalized spacial score (nSPS) is 21.1. The number of rotatable bonds is 4. The standard InChI is InChI=1S/C20H18F2N2O3/c21-14-7-15(22)9-16(8-14)24-11-13(6-19(24)25)20(26)23-10-17-5-12-3-1-2-4-18(12)27-17/h1-4,7-9,13,17H,5-6,10-11H2,(H,23,26). The molecule has 0 spiro atoms. The van der Waals surface area contributed by atoms with Gasteiger partial charge in [-0.1, -0.05) is 18.2 Å². The van der Waals surface area contributed by atoms with E-state index in [2.05, 4.69) is 5.32 Å². The first kappa shape index (κ1) is 17.5. The van der Waals surface area contributed by atoms with E-state index < -0.39 is 17.6 Å². The van der Waals surface area contributed by atoms with Crippen molar-refractivity contribution >= 4 is 17.5 Å². The second-order valence-corrected chi connectivity index (χ2v) is 6.83. The molecule has 27 heavy (non-hydrogen) atoms. The Morgan fingerprint density at radius 3 is 2.63 bits per heavy atom. The molecule has 2 aromatic carbocycles. The first-order valence-corrected chi connectivity index (χ1v) is 8.78. The molecule has 0 aromatic heterocycles. The summed E-state index contributed by atoms with van der Waals surface area (Å²) in [6.07, 6.45) is 0.585. The van der Waals surface area contributed by atoms with Crippen molar-refractivity contribution in [1.29, 1.82) is 0 Å². The molecule has 7 heteroatoms. The van der Waals surface area contributed by atoms with Gasteiger partial charge in [0.05, 0.1) is 12.5 Å². The largest absolute Gasteiger partial charge is 0.488 e. The van der Waals surface area contributed by atoms with Crippen molar-refractivity contribution in [3.05, 3.63) is 59.7 Å². The van der Waals surface area contributed by atoms with Gasteiger partial charge in [-0.25, -0.2) is 8.78 Å². The van der Waals surface area contributed by atoms with Crippen LogP contribution in [0.2, 0.25) is 0 Å². The summed E-state index contributed by atoms with van der Waals surface area (Å²) in [7, 11) is 0. The summed E-state index contributed by atoms with van der Waals surface area (Å²) in [6.45, 7) is 0.437. The smallest absolute Gasteiger partial charge is 0.227 e. The number of hydrogen-bond donors (Lipinski definition) is 1. The highest BCUT2D eigenvalue weighted by Crippen LogP contribution is 2.29. The molecule has 2 aromatic rings. The molecule has 0 bridgehead atoms. The minimum Gasteiger partial charge on any atom is -0.488 e. The first-order chi connectivity index (χ1) is 13.0. The van der Waals surface area contributed by atoms with E-state index >= 15 is 0 Å². The van der Waals surface area contributed by atoms with Gasteiger partial charge in [0.1, 0.15) is 23.5 Å². The van der Waals surface area contributed by atoms with Gasteiger partial charge in [0.2, 0.25) is 11.8 Å². The summed E-state index contributed by atoms with van der Waals surface area (Å²) in [5.41, 5.74) is 1.23. The third-order valence-electron chi connectivity index (χ3n) is 4.87. The van der Waals surface area contributed by atoms with E-state index in [9.17, 15) is 18.4 Å². The summed E-state index contributed by atoms with van der Waals surface area (Å²) in [6, 6.07) is 10.6. The van der Waals surface area contributed by atoms with Gasteiger partial charge in [-0.05, 0) is 23.8 Å². The van der Waals surface area contributed by atoms with E-state index in [1.807, 2.05) is 24.3 Å². The number of nitrogens with zero attached hydrogens (tertiary/aromatic N) is 1. The molecule has 2 atom stereocenters. The third kappa shape index (κ3) is 3.63. The summed E-state index contributed by atoms with van der Waals surface area (Å²) < 4.78 is 32.6. The van der Waals surface area contributed by atoms with Crippen LogP contribution in [0.1, 0.15) is 12.0 Å². The van der Waals surface area contributed by atoms with Crippen molar-refractivity contribution < 1.29 is 23.1 Å². The predicted octanol–water partition coefficient (Wildman–Crippen LogP) is 2.44. The number of hydrogen-bond acceptors (Lipinski definition) is 3. The number of carbonyl (C=O) groups is 2. The highest BCUT2D eigenvalue weighted by atomic mass is 19.1. The molecule has 2 unspecified atom stereocenters. The van der Waals surface area contributed by atoms with Gasteiger partial charge in [0.25, 0.3) is 0 Å². The van der Waals surface area contributed by atoms with E-state index in [-0.39, 0.29) is 36.6 Å². The van der Waals surface area contributed by atoms with Gasteiger partial charge in [-0.15, -0.1) is 0 Å². The number of ether oxygens (including phenoxy) is 1. The van der Waals surface area contributed by atoms with E-state index in [0.717, 1.165) is 35.9 Å². The number of halogens is 2. The van der Waals surface area contributed by atoms with Crippen LogP contribution in [0.3, 0.4) is 0 Å². The summed E-state index contributed by atoms with van der Waals surface area (Å²) in [5, 5.41) is 2.83. The quantitative estimate of drug-likeness (QED) is 0.897. The Bertz CT molecular complexity index is 857. The van der Waals surface area contributed by atoms with Crippen molar-refractivity contribution in [3.63, 3.8) is 0 Å². The van der Waals surface area contributed by atoms with Crippen LogP contribution >= 0.6 is 0 Å². The lowest BCUT2D eigenvalue weighted by Crippen LogP contribution is -2.39. The third-order valence-corrected chi connectivity index (χ3v) is 4.87. The maximum Gasteiger partial charge on any atom is 0.227 e. The number of anilines is 1. The molecule has 2 heterocycles. The lowest BCUT2D eigenvalue weighted by molar-refractivity contribution is -0.126. The number of benzene rings is 2. The van der Waals surface area contributed by atoms with Crippen LogP contribution in [0.5, 0.6) is 5.75 Å². The summed E-state index contributed by atoms with van der Waals surface area (Å²) in [4.78, 5) is 25.9. The van der Waals surface area contributed by atoms with Crippen LogP contribution in [0.25, 0.3) is 0 Å². The number of fused-ring (bicyclic) bond motifs is 1. The summed E-state index contributed by atoms with van der Waals surface area (Å²) in [5.74, 6) is -1.85. The minimum atomic E-state index is -0.761. The molecule has 1 N–H and O–H groups in total. The van der Waals surface area contributed by atoms with Crippen LogP contribution in [0.15, 0.2) is 42.5 Å². The highest BCUT2D eigenvalue weighted by Gasteiger charge is 2.36. The topological polar surface area (TPSA) is 58.6 Å². The molecule has 1 saturated heterocycles. The van der Waals surface area contributed by atoms with Crippen molar-refractivity contribution in [3.8, 4) is 5.75 Å². The van der Waals surface area contributed by atoms with Gasteiger partial charge in [-0.2, -0.15) is 0 Å².